The van der Waals surface area contributed by atoms with Crippen molar-refractivity contribution in [3.63, 3.8) is 0 Å². The predicted molar refractivity (Wildman–Crippen MR) is 72.8 cm³/mol. The molecule has 0 radical (unpaired) electrons. The Morgan fingerprint density at radius 3 is 0.652 bits per heavy atom. The van der Waals surface area contributed by atoms with Crippen LogP contribution in [0.3, 0.4) is 0 Å². The van der Waals surface area contributed by atoms with E-state index in [1.54, 1.807) is 0 Å². The molecule has 12 N–H and O–H groups in total. The third kappa shape index (κ3) is 11600. The molecular formula is C10H28FeN4O8. The van der Waals surface area contributed by atoms with E-state index < -0.39 is 23.9 Å². The van der Waals surface area contributed by atoms with E-state index in [2.05, 4.69) is 0 Å². The van der Waals surface area contributed by atoms with E-state index in [-0.39, 0.29) is 29.4 Å². The number of carboxylic acid groups (broad SMARTS) is 4. The maximum Gasteiger partial charge on any atom is 2.00 e. The normalized spacial score (nSPS) is 5.65. The molecule has 12 nitrogen and oxygen atoms in total. The fourth-order valence-electron chi connectivity index (χ4n) is 0. The zero-order chi connectivity index (χ0) is 17.7. The predicted octanol–water partition coefficient (Wildman–Crippen LogP) is -5.32. The molecule has 0 aliphatic carbocycles. The molecule has 13 heteroatoms. The second-order valence-electron chi connectivity index (χ2n) is 2.54. The van der Waals surface area contributed by atoms with Gasteiger partial charge in [0.15, 0.2) is 0 Å². The van der Waals surface area contributed by atoms with Gasteiger partial charge in [-0.3, -0.25) is 0 Å². The van der Waals surface area contributed by atoms with E-state index in [1.807, 2.05) is 0 Å². The Labute approximate surface area is 145 Å². The molecule has 0 heterocycles. The molecule has 0 bridgehead atoms. The Balaban J connectivity index is -0.0000000197. The number of rotatable bonds is 1. The molecule has 0 aromatic heterocycles. The van der Waals surface area contributed by atoms with E-state index in [1.165, 1.54) is 0 Å². The molecule has 0 unspecified atom stereocenters. The van der Waals surface area contributed by atoms with Gasteiger partial charge in [0.25, 0.3) is 0 Å². The van der Waals surface area contributed by atoms with E-state index in [0.717, 1.165) is 27.7 Å². The third-order valence-electron chi connectivity index (χ3n) is 0.167. The molecular weight excluding hydrogens is 360 g/mol. The van der Waals surface area contributed by atoms with Crippen molar-refractivity contribution in [1.29, 1.82) is 0 Å². The summed E-state index contributed by atoms with van der Waals surface area (Å²) in [7, 11) is 0. The summed E-state index contributed by atoms with van der Waals surface area (Å²) in [6, 6.07) is 0. The topological polar surface area (TPSA) is 286 Å². The summed E-state index contributed by atoms with van der Waals surface area (Å²) >= 11 is 0. The van der Waals surface area contributed by atoms with E-state index in [4.69, 9.17) is 51.1 Å². The number of carbonyl (C=O) groups excluding carboxylic acids is 4. The maximum atomic E-state index is 8.89. The number of carboxylic acids is 4. The number of aliphatic carboxylic acids is 4. The van der Waals surface area contributed by atoms with Gasteiger partial charge < -0.3 is 63.4 Å². The number of hydrogen-bond acceptors (Lipinski definition) is 10. The fraction of sp³-hybridized carbons (Fsp3) is 0.600. The first kappa shape index (κ1) is 49.6. The number of nitrogens with two attached hydrogens (primary N) is 2. The van der Waals surface area contributed by atoms with Crippen molar-refractivity contribution >= 4 is 23.9 Å². The zero-order valence-corrected chi connectivity index (χ0v) is 15.3. The van der Waals surface area contributed by atoms with Crippen LogP contribution in [0.25, 0.3) is 0 Å². The van der Waals surface area contributed by atoms with Crippen molar-refractivity contribution in [3.8, 4) is 0 Å². The first-order chi connectivity index (χ1) is 8.84. The number of quaternary nitrogens is 2. The van der Waals surface area contributed by atoms with Crippen LogP contribution in [-0.2, 0) is 36.2 Å². The molecule has 0 saturated heterocycles. The summed E-state index contributed by atoms with van der Waals surface area (Å²) in [5.74, 6) is -4.33. The van der Waals surface area contributed by atoms with Gasteiger partial charge in [0.05, 0.1) is 0 Å². The molecule has 0 aromatic rings. The van der Waals surface area contributed by atoms with Gasteiger partial charge in [0.1, 0.15) is 0 Å². The van der Waals surface area contributed by atoms with Crippen LogP contribution >= 0.6 is 0 Å². The van der Waals surface area contributed by atoms with Crippen LogP contribution in [0.15, 0.2) is 0 Å². The third-order valence-corrected chi connectivity index (χ3v) is 0.167. The first-order valence-electron chi connectivity index (χ1n) is 4.95. The van der Waals surface area contributed by atoms with Crippen molar-refractivity contribution in [2.24, 2.45) is 11.5 Å². The van der Waals surface area contributed by atoms with Gasteiger partial charge in [0.2, 0.25) is 0 Å². The molecule has 23 heavy (non-hydrogen) atoms. The minimum Gasteiger partial charge on any atom is -0.550 e. The van der Waals surface area contributed by atoms with Crippen LogP contribution in [0, 0.1) is 0 Å². The fourth-order valence-corrected chi connectivity index (χ4v) is 0. The van der Waals surface area contributed by atoms with Gasteiger partial charge in [-0.25, -0.2) is 0 Å². The van der Waals surface area contributed by atoms with Gasteiger partial charge in [-0.05, 0) is 27.7 Å². The molecule has 0 atom stereocenters. The zero-order valence-electron chi connectivity index (χ0n) is 14.2. The summed E-state index contributed by atoms with van der Waals surface area (Å²) in [5, 5.41) is 35.6. The minimum atomic E-state index is -1.08. The molecule has 0 rings (SSSR count). The van der Waals surface area contributed by atoms with Gasteiger partial charge in [0, 0.05) is 37.0 Å². The summed E-state index contributed by atoms with van der Waals surface area (Å²) in [5.41, 5.74) is 9.81. The molecule has 0 aromatic carbocycles. The molecule has 0 aliphatic heterocycles. The molecule has 0 fully saturated rings. The standard InChI is InChI=1S/C2H8N2.4C2H4O2.Fe.2H3N/c3-1-2-4;4*1-2(3)4;;;/h1-4H2;4*1H3,(H,3,4);;2*1H3/q;;;;;+2;;/p-2. The van der Waals surface area contributed by atoms with Crippen molar-refractivity contribution in [2.45, 2.75) is 27.7 Å². The van der Waals surface area contributed by atoms with Crippen LogP contribution < -0.4 is 44.2 Å². The maximum absolute atomic E-state index is 8.89. The second-order valence-corrected chi connectivity index (χ2v) is 2.54. The molecule has 0 amide bonds. The van der Waals surface area contributed by atoms with Crippen molar-refractivity contribution in [1.82, 2.24) is 12.3 Å². The summed E-state index contributed by atoms with van der Waals surface area (Å²) in [6.45, 7) is 5.08. The molecule has 0 spiro atoms. The van der Waals surface area contributed by atoms with Crippen LogP contribution in [0.1, 0.15) is 27.7 Å². The van der Waals surface area contributed by atoms with Crippen LogP contribution in [0.5, 0.6) is 0 Å². The van der Waals surface area contributed by atoms with Gasteiger partial charge >= 0.3 is 17.1 Å². The van der Waals surface area contributed by atoms with Crippen LogP contribution in [0.4, 0.5) is 0 Å². The SMILES string of the molecule is CC(=O)[O-].CC(=O)[O-].CC(=O)[O-].CC(=O)[O-].NCCN.[Fe+2].[NH4+].[NH4+]. The Morgan fingerprint density at radius 2 is 0.652 bits per heavy atom. The molecule has 0 aliphatic rings. The first-order valence-corrected chi connectivity index (χ1v) is 4.95. The number of carbonyl (C=O) groups is 4. The van der Waals surface area contributed by atoms with Gasteiger partial charge in [-0.2, -0.15) is 0 Å². The summed E-state index contributed by atoms with van der Waals surface area (Å²) in [4.78, 5) is 35.6. The van der Waals surface area contributed by atoms with E-state index in [9.17, 15) is 0 Å². The van der Waals surface area contributed by atoms with E-state index >= 15 is 0 Å². The minimum absolute atomic E-state index is 0. The molecule has 0 saturated carbocycles. The smallest absolute Gasteiger partial charge is 0.550 e. The van der Waals surface area contributed by atoms with Crippen molar-refractivity contribution in [2.75, 3.05) is 13.1 Å². The average molecular weight is 388 g/mol. The Bertz CT molecular complexity index is 201. The largest absolute Gasteiger partial charge is 2.00 e. The Kier molecular flexibility index (Phi) is 108. The second kappa shape index (κ2) is 50.0. The quantitative estimate of drug-likeness (QED) is 0.309. The van der Waals surface area contributed by atoms with Crippen molar-refractivity contribution < 1.29 is 56.7 Å². The monoisotopic (exact) mass is 388 g/mol. The number of hydrogen-bond donors (Lipinski definition) is 4. The summed E-state index contributed by atoms with van der Waals surface area (Å²) < 4.78 is 0. The average Bonchev–Trinajstić information content (AvgIpc) is 2.13. The van der Waals surface area contributed by atoms with Crippen LogP contribution in [0.2, 0.25) is 0 Å². The van der Waals surface area contributed by atoms with E-state index in [0.29, 0.717) is 13.1 Å². The summed E-state index contributed by atoms with van der Waals surface area (Å²) in [6.07, 6.45) is 0. The van der Waals surface area contributed by atoms with Crippen molar-refractivity contribution in [3.05, 3.63) is 0 Å². The van der Waals surface area contributed by atoms with Crippen LogP contribution in [-0.4, -0.2) is 37.0 Å². The molecule has 144 valence electrons. The Hall–Kier alpha value is -1.76. The Morgan fingerprint density at radius 1 is 0.609 bits per heavy atom. The van der Waals surface area contributed by atoms with Gasteiger partial charge in [-0.1, -0.05) is 0 Å². The van der Waals surface area contributed by atoms with Gasteiger partial charge in [-0.15, -0.1) is 0 Å².